The summed E-state index contributed by atoms with van der Waals surface area (Å²) < 4.78 is 50.3. The van der Waals surface area contributed by atoms with Crippen LogP contribution in [0.25, 0.3) is 0 Å². The Morgan fingerprint density at radius 3 is 2.23 bits per heavy atom. The third kappa shape index (κ3) is 5.98. The maximum absolute atomic E-state index is 14.7. The average Bonchev–Trinajstić information content (AvgIpc) is 3.35. The molecule has 3 fully saturated rings. The van der Waals surface area contributed by atoms with Gasteiger partial charge in [0.1, 0.15) is 0 Å². The number of rotatable bonds is 8. The first-order valence-corrected chi connectivity index (χ1v) is 16.0. The molecule has 5 rings (SSSR count). The van der Waals surface area contributed by atoms with Crippen molar-refractivity contribution in [3.63, 3.8) is 0 Å². The number of halogens is 5. The van der Waals surface area contributed by atoms with E-state index in [-0.39, 0.29) is 59.0 Å². The maximum Gasteiger partial charge on any atom is 0.433 e. The number of fused-ring (bicyclic) bond motifs is 1. The van der Waals surface area contributed by atoms with E-state index in [1.54, 1.807) is 32.9 Å². The predicted molar refractivity (Wildman–Crippen MR) is 160 cm³/mol. The number of aromatic nitrogens is 2. The van der Waals surface area contributed by atoms with Crippen molar-refractivity contribution in [3.05, 3.63) is 50.8 Å². The molecule has 3 aliphatic carbocycles. The van der Waals surface area contributed by atoms with Crippen molar-refractivity contribution in [1.82, 2.24) is 14.7 Å². The molecule has 2 aromatic rings. The lowest BCUT2D eigenvalue weighted by Crippen LogP contribution is -2.43. The van der Waals surface area contributed by atoms with Crippen molar-refractivity contribution in [2.24, 2.45) is 22.7 Å². The van der Waals surface area contributed by atoms with Crippen LogP contribution in [0.3, 0.4) is 0 Å². The fourth-order valence-corrected chi connectivity index (χ4v) is 8.51. The molecular weight excluding hydrogens is 618 g/mol. The molecule has 1 unspecified atom stereocenters. The van der Waals surface area contributed by atoms with Gasteiger partial charge in [-0.25, -0.2) is 0 Å². The quantitative estimate of drug-likeness (QED) is 0.293. The van der Waals surface area contributed by atoms with Gasteiger partial charge >= 0.3 is 12.1 Å². The van der Waals surface area contributed by atoms with Crippen LogP contribution in [0, 0.1) is 29.6 Å². The molecule has 7 nitrogen and oxygen atoms in total. The number of aryl methyl sites for hydroxylation is 1. The van der Waals surface area contributed by atoms with Crippen molar-refractivity contribution >= 4 is 35.1 Å². The van der Waals surface area contributed by atoms with Gasteiger partial charge in [-0.3, -0.25) is 14.3 Å². The molecule has 1 aromatic heterocycles. The van der Waals surface area contributed by atoms with E-state index in [2.05, 4.69) is 18.9 Å². The second-order valence-corrected chi connectivity index (χ2v) is 14.5. The first-order valence-electron chi connectivity index (χ1n) is 15.3. The molecule has 0 aliphatic heterocycles. The maximum atomic E-state index is 14.7. The number of alkyl halides is 3. The molecule has 242 valence electrons. The summed E-state index contributed by atoms with van der Waals surface area (Å²) in [5.41, 5.74) is -1.30. The van der Waals surface area contributed by atoms with Crippen LogP contribution in [-0.2, 0) is 15.7 Å². The number of nitrogens with zero attached hydrogens (tertiary/aromatic N) is 3. The van der Waals surface area contributed by atoms with Gasteiger partial charge in [-0.2, -0.15) is 18.3 Å². The van der Waals surface area contributed by atoms with Gasteiger partial charge in [-0.1, -0.05) is 37.0 Å². The summed E-state index contributed by atoms with van der Waals surface area (Å²) >= 11 is 12.9. The molecule has 1 amide bonds. The second kappa shape index (κ2) is 11.8. The van der Waals surface area contributed by atoms with E-state index < -0.39 is 40.9 Å². The van der Waals surface area contributed by atoms with E-state index in [9.17, 15) is 27.9 Å². The molecular formula is C32H40Cl2F3N3O4. The molecule has 0 radical (unpaired) electrons. The number of benzene rings is 1. The highest BCUT2D eigenvalue weighted by atomic mass is 35.5. The van der Waals surface area contributed by atoms with Crippen molar-refractivity contribution in [2.45, 2.75) is 97.5 Å². The Balaban J connectivity index is 1.45. The number of hydrogen-bond acceptors (Lipinski definition) is 5. The van der Waals surface area contributed by atoms with Crippen LogP contribution in [0.5, 0.6) is 0 Å². The number of amides is 1. The van der Waals surface area contributed by atoms with Crippen molar-refractivity contribution in [3.8, 4) is 0 Å². The molecule has 0 bridgehead atoms. The highest BCUT2D eigenvalue weighted by Gasteiger charge is 2.63. The zero-order chi connectivity index (χ0) is 32.4. The molecule has 4 atom stereocenters. The Morgan fingerprint density at radius 2 is 1.70 bits per heavy atom. The summed E-state index contributed by atoms with van der Waals surface area (Å²) in [6, 6.07) is 2.30. The zero-order valence-corrected chi connectivity index (χ0v) is 27.2. The van der Waals surface area contributed by atoms with Crippen molar-refractivity contribution in [1.29, 1.82) is 0 Å². The third-order valence-corrected chi connectivity index (χ3v) is 11.1. The van der Waals surface area contributed by atoms with Gasteiger partial charge in [0.2, 0.25) is 0 Å². The summed E-state index contributed by atoms with van der Waals surface area (Å²) in [5.74, 6) is -0.482. The van der Waals surface area contributed by atoms with Crippen LogP contribution in [0.1, 0.15) is 106 Å². The number of carbonyl (C=O) groups is 2. The van der Waals surface area contributed by atoms with E-state index in [4.69, 9.17) is 27.9 Å². The van der Waals surface area contributed by atoms with Gasteiger partial charge in [0.15, 0.2) is 5.69 Å². The van der Waals surface area contributed by atoms with Crippen LogP contribution < -0.4 is 0 Å². The predicted octanol–water partition coefficient (Wildman–Crippen LogP) is 7.81. The molecule has 3 saturated carbocycles. The molecule has 3 aliphatic rings. The molecule has 12 heteroatoms. The smallest absolute Gasteiger partial charge is 0.433 e. The van der Waals surface area contributed by atoms with Gasteiger partial charge < -0.3 is 14.7 Å². The van der Waals surface area contributed by atoms with Crippen LogP contribution in [0.2, 0.25) is 10.0 Å². The minimum atomic E-state index is -4.86. The molecule has 1 aromatic carbocycles. The Hall–Kier alpha value is -2.30. The van der Waals surface area contributed by atoms with Gasteiger partial charge in [0.25, 0.3) is 5.91 Å². The molecule has 1 N–H and O–H groups in total. The normalized spacial score (nSPS) is 28.3. The van der Waals surface area contributed by atoms with Crippen LogP contribution >= 0.6 is 23.2 Å². The van der Waals surface area contributed by atoms with E-state index in [0.717, 1.165) is 16.4 Å². The van der Waals surface area contributed by atoms with Gasteiger partial charge in [-0.05, 0) is 94.2 Å². The SMILES string of the molecule is CCOC(=O)[C@]1(C)CC[C@@H](n2ncc(C(=O)N(CC(O)c3c(Cl)cc(C)cc3Cl)[C@H]3C[C@@H]4[C@H](C3)C4(C)C)c2C(F)(F)F)CC1. The Labute approximate surface area is 266 Å². The first kappa shape index (κ1) is 33.1. The first-order chi connectivity index (χ1) is 20.5. The minimum absolute atomic E-state index is 0.119. The standard InChI is InChI=1S/C32H40Cl2F3N3O4/c1-6-44-29(43)31(5)9-7-18(8-10-31)40-27(32(35,36)37)20(15-38-40)28(42)39(19-13-21-22(14-19)30(21,3)4)16-25(41)26-23(33)11-17(2)12-24(26)34/h11-12,15,18-19,21-22,25,41H,6-10,13-14,16H2,1-5H3/t18-,19-,21+,22-,25?,31-. The monoisotopic (exact) mass is 657 g/mol. The Morgan fingerprint density at radius 1 is 1.14 bits per heavy atom. The minimum Gasteiger partial charge on any atom is -0.466 e. The van der Waals surface area contributed by atoms with Gasteiger partial charge in [0, 0.05) is 21.7 Å². The zero-order valence-electron chi connectivity index (χ0n) is 25.7. The number of aliphatic hydroxyl groups excluding tert-OH is 1. The summed E-state index contributed by atoms with van der Waals surface area (Å²) in [6.07, 6.45) is -2.67. The second-order valence-electron chi connectivity index (χ2n) is 13.6. The highest BCUT2D eigenvalue weighted by Crippen LogP contribution is 2.67. The lowest BCUT2D eigenvalue weighted by Gasteiger charge is -2.36. The topological polar surface area (TPSA) is 84.7 Å². The van der Waals surface area contributed by atoms with E-state index in [1.165, 1.54) is 4.90 Å². The molecule has 0 saturated heterocycles. The largest absolute Gasteiger partial charge is 0.466 e. The number of hydrogen-bond donors (Lipinski definition) is 1. The summed E-state index contributed by atoms with van der Waals surface area (Å²) in [5, 5.41) is 15.9. The highest BCUT2D eigenvalue weighted by molar-refractivity contribution is 6.36. The molecule has 1 heterocycles. The van der Waals surface area contributed by atoms with E-state index in [0.29, 0.717) is 37.5 Å². The molecule has 0 spiro atoms. The van der Waals surface area contributed by atoms with Crippen LogP contribution in [0.4, 0.5) is 13.2 Å². The fourth-order valence-electron chi connectivity index (χ4n) is 7.66. The lowest BCUT2D eigenvalue weighted by atomic mass is 9.74. The van der Waals surface area contributed by atoms with Crippen molar-refractivity contribution in [2.75, 3.05) is 13.2 Å². The summed E-state index contributed by atoms with van der Waals surface area (Å²) in [7, 11) is 0. The molecule has 44 heavy (non-hydrogen) atoms. The summed E-state index contributed by atoms with van der Waals surface area (Å²) in [4.78, 5) is 28.0. The summed E-state index contributed by atoms with van der Waals surface area (Å²) in [6.45, 7) is 9.57. The van der Waals surface area contributed by atoms with Crippen LogP contribution in [0.15, 0.2) is 18.3 Å². The lowest BCUT2D eigenvalue weighted by molar-refractivity contribution is -0.157. The third-order valence-electron chi connectivity index (χ3n) is 10.4. The number of ether oxygens (including phenoxy) is 1. The average molecular weight is 659 g/mol. The van der Waals surface area contributed by atoms with E-state index in [1.807, 2.05) is 0 Å². The van der Waals surface area contributed by atoms with Gasteiger partial charge in [0.05, 0.1) is 42.5 Å². The number of aliphatic hydroxyl groups is 1. The number of esters is 1. The fraction of sp³-hybridized carbons (Fsp3) is 0.656. The van der Waals surface area contributed by atoms with Crippen LogP contribution in [-0.4, -0.2) is 50.9 Å². The Kier molecular flexibility index (Phi) is 8.88. The number of carbonyl (C=O) groups excluding carboxylic acids is 2. The van der Waals surface area contributed by atoms with Crippen molar-refractivity contribution < 1.29 is 32.6 Å². The van der Waals surface area contributed by atoms with Gasteiger partial charge in [-0.15, -0.1) is 0 Å². The van der Waals surface area contributed by atoms with E-state index >= 15 is 0 Å². The Bertz CT molecular complexity index is 1400.